The Kier molecular flexibility index (Phi) is 4.44. The van der Waals surface area contributed by atoms with Gasteiger partial charge in [0.2, 0.25) is 0 Å². The van der Waals surface area contributed by atoms with Gasteiger partial charge in [0.05, 0.1) is 6.61 Å². The topological polar surface area (TPSA) is 46.2 Å². The van der Waals surface area contributed by atoms with E-state index in [0.717, 1.165) is 0 Å². The summed E-state index contributed by atoms with van der Waals surface area (Å²) >= 11 is 0. The molecule has 1 aromatic rings. The van der Waals surface area contributed by atoms with E-state index in [4.69, 9.17) is 5.73 Å². The van der Waals surface area contributed by atoms with E-state index < -0.39 is 5.41 Å². The number of rotatable bonds is 5. The summed E-state index contributed by atoms with van der Waals surface area (Å²) < 4.78 is 13.5. The maximum atomic E-state index is 13.5. The first-order chi connectivity index (χ1) is 7.55. The van der Waals surface area contributed by atoms with Crippen LogP contribution < -0.4 is 5.73 Å². The lowest BCUT2D eigenvalue weighted by Gasteiger charge is -2.35. The maximum absolute atomic E-state index is 13.5. The smallest absolute Gasteiger partial charge is 0.126 e. The van der Waals surface area contributed by atoms with Crippen molar-refractivity contribution in [3.8, 4) is 0 Å². The second-order valence-electron chi connectivity index (χ2n) is 4.65. The highest BCUT2D eigenvalue weighted by molar-refractivity contribution is 5.19. The summed E-state index contributed by atoms with van der Waals surface area (Å²) in [6.45, 7) is 4.35. The third-order valence-corrected chi connectivity index (χ3v) is 3.45. The fraction of sp³-hybridized carbons (Fsp3) is 0.538. The Morgan fingerprint density at radius 3 is 2.44 bits per heavy atom. The van der Waals surface area contributed by atoms with Gasteiger partial charge >= 0.3 is 0 Å². The predicted octanol–water partition coefficient (Wildman–Crippen LogP) is 1.96. The van der Waals surface area contributed by atoms with E-state index in [1.54, 1.807) is 18.2 Å². The highest BCUT2D eigenvalue weighted by Crippen LogP contribution is 2.31. The minimum Gasteiger partial charge on any atom is -0.396 e. The highest BCUT2D eigenvalue weighted by atomic mass is 19.1. The van der Waals surface area contributed by atoms with Crippen LogP contribution >= 0.6 is 0 Å². The lowest BCUT2D eigenvalue weighted by atomic mass is 9.73. The lowest BCUT2D eigenvalue weighted by Crippen LogP contribution is -2.41. The number of aliphatic hydroxyl groups excluding tert-OH is 1. The molecule has 0 aliphatic rings. The Hall–Kier alpha value is -0.930. The molecule has 0 aliphatic heterocycles. The van der Waals surface area contributed by atoms with E-state index in [-0.39, 0.29) is 18.3 Å². The molecule has 90 valence electrons. The van der Waals surface area contributed by atoms with Crippen LogP contribution in [0.15, 0.2) is 24.3 Å². The molecule has 0 bridgehead atoms. The van der Waals surface area contributed by atoms with Crippen molar-refractivity contribution < 1.29 is 9.50 Å². The van der Waals surface area contributed by atoms with Gasteiger partial charge in [-0.2, -0.15) is 0 Å². The van der Waals surface area contributed by atoms with Crippen molar-refractivity contribution in [3.63, 3.8) is 0 Å². The summed E-state index contributed by atoms with van der Waals surface area (Å²) in [5.74, 6) is -0.0171. The van der Waals surface area contributed by atoms with E-state index >= 15 is 0 Å². The van der Waals surface area contributed by atoms with Crippen molar-refractivity contribution in [1.29, 1.82) is 0 Å². The van der Waals surface area contributed by atoms with Crippen LogP contribution in [0.4, 0.5) is 4.39 Å². The van der Waals surface area contributed by atoms with Crippen LogP contribution in [0.2, 0.25) is 0 Å². The van der Waals surface area contributed by atoms with Crippen LogP contribution in [0.5, 0.6) is 0 Å². The molecule has 3 N–H and O–H groups in total. The minimum atomic E-state index is -0.428. The van der Waals surface area contributed by atoms with Crippen molar-refractivity contribution in [2.24, 2.45) is 17.1 Å². The summed E-state index contributed by atoms with van der Waals surface area (Å²) in [5, 5.41) is 9.50. The van der Waals surface area contributed by atoms with Crippen LogP contribution in [0.3, 0.4) is 0 Å². The van der Waals surface area contributed by atoms with E-state index in [2.05, 4.69) is 0 Å². The third-order valence-electron chi connectivity index (χ3n) is 3.45. The fourth-order valence-electron chi connectivity index (χ4n) is 1.84. The van der Waals surface area contributed by atoms with Gasteiger partial charge in [-0.25, -0.2) is 4.39 Å². The number of hydrogen-bond donors (Lipinski definition) is 2. The quantitative estimate of drug-likeness (QED) is 0.804. The van der Waals surface area contributed by atoms with Crippen molar-refractivity contribution in [2.75, 3.05) is 13.2 Å². The largest absolute Gasteiger partial charge is 0.396 e. The van der Waals surface area contributed by atoms with Gasteiger partial charge in [0.1, 0.15) is 5.82 Å². The molecule has 0 radical (unpaired) electrons. The molecule has 1 rings (SSSR count). The van der Waals surface area contributed by atoms with E-state index in [9.17, 15) is 9.50 Å². The molecule has 0 aromatic heterocycles. The zero-order valence-corrected chi connectivity index (χ0v) is 9.91. The van der Waals surface area contributed by atoms with Gasteiger partial charge in [-0.05, 0) is 24.0 Å². The molecule has 0 spiro atoms. The molecular weight excluding hydrogens is 205 g/mol. The van der Waals surface area contributed by atoms with Crippen molar-refractivity contribution in [3.05, 3.63) is 35.6 Å². The van der Waals surface area contributed by atoms with Gasteiger partial charge < -0.3 is 10.8 Å². The molecular formula is C13H20FNO. The van der Waals surface area contributed by atoms with E-state index in [1.807, 2.05) is 13.8 Å². The molecule has 3 heteroatoms. The van der Waals surface area contributed by atoms with Gasteiger partial charge in [0, 0.05) is 12.0 Å². The van der Waals surface area contributed by atoms with Crippen molar-refractivity contribution >= 4 is 0 Å². The minimum absolute atomic E-state index is 0.0184. The summed E-state index contributed by atoms with van der Waals surface area (Å²) in [5.41, 5.74) is 5.93. The van der Waals surface area contributed by atoms with Crippen molar-refractivity contribution in [1.82, 2.24) is 0 Å². The summed E-state index contributed by atoms with van der Waals surface area (Å²) in [7, 11) is 0. The molecule has 0 saturated carbocycles. The monoisotopic (exact) mass is 225 g/mol. The second-order valence-corrected chi connectivity index (χ2v) is 4.65. The SMILES string of the molecule is CC(C)C(CN)(CO)Cc1ccccc1F. The molecule has 0 amide bonds. The molecule has 1 unspecified atom stereocenters. The first-order valence-corrected chi connectivity index (χ1v) is 5.60. The summed E-state index contributed by atoms with van der Waals surface area (Å²) in [6.07, 6.45) is 0.477. The second kappa shape index (κ2) is 5.41. The average Bonchev–Trinajstić information content (AvgIpc) is 2.28. The Morgan fingerprint density at radius 1 is 1.38 bits per heavy atom. The first kappa shape index (κ1) is 13.1. The number of aliphatic hydroxyl groups is 1. The van der Waals surface area contributed by atoms with Gasteiger partial charge in [0.25, 0.3) is 0 Å². The lowest BCUT2D eigenvalue weighted by molar-refractivity contribution is 0.0834. The Balaban J connectivity index is 2.96. The van der Waals surface area contributed by atoms with Crippen LogP contribution in [0.25, 0.3) is 0 Å². The third kappa shape index (κ3) is 2.60. The van der Waals surface area contributed by atoms with Gasteiger partial charge in [-0.15, -0.1) is 0 Å². The number of halogens is 1. The number of benzene rings is 1. The summed E-state index contributed by atoms with van der Waals surface area (Å²) in [4.78, 5) is 0. The Morgan fingerprint density at radius 2 is 2.00 bits per heavy atom. The highest BCUT2D eigenvalue weighted by Gasteiger charge is 2.32. The zero-order valence-electron chi connectivity index (χ0n) is 9.91. The maximum Gasteiger partial charge on any atom is 0.126 e. The predicted molar refractivity (Wildman–Crippen MR) is 63.5 cm³/mol. The van der Waals surface area contributed by atoms with Crippen LogP contribution in [-0.4, -0.2) is 18.3 Å². The first-order valence-electron chi connectivity index (χ1n) is 5.60. The Labute approximate surface area is 96.3 Å². The van der Waals surface area contributed by atoms with Gasteiger partial charge in [0.15, 0.2) is 0 Å². The van der Waals surface area contributed by atoms with Gasteiger partial charge in [-0.1, -0.05) is 32.0 Å². The molecule has 0 aliphatic carbocycles. The molecule has 1 atom stereocenters. The normalized spacial score (nSPS) is 15.1. The zero-order chi connectivity index (χ0) is 12.2. The summed E-state index contributed by atoms with van der Waals surface area (Å²) in [6, 6.07) is 6.65. The molecule has 2 nitrogen and oxygen atoms in total. The van der Waals surface area contributed by atoms with E-state index in [0.29, 0.717) is 18.5 Å². The molecule has 0 fully saturated rings. The molecule has 16 heavy (non-hydrogen) atoms. The fourth-order valence-corrected chi connectivity index (χ4v) is 1.84. The van der Waals surface area contributed by atoms with Crippen LogP contribution in [0, 0.1) is 17.2 Å². The Bertz CT molecular complexity index is 334. The van der Waals surface area contributed by atoms with Crippen LogP contribution in [0.1, 0.15) is 19.4 Å². The van der Waals surface area contributed by atoms with Crippen molar-refractivity contribution in [2.45, 2.75) is 20.3 Å². The number of hydrogen-bond acceptors (Lipinski definition) is 2. The molecule has 1 aromatic carbocycles. The molecule has 0 heterocycles. The standard InChI is InChI=1S/C13H20FNO/c1-10(2)13(8-15,9-16)7-11-5-3-4-6-12(11)14/h3-6,10,16H,7-9,15H2,1-2H3. The number of nitrogens with two attached hydrogens (primary N) is 1. The van der Waals surface area contributed by atoms with Gasteiger partial charge in [-0.3, -0.25) is 0 Å². The molecule has 0 saturated heterocycles. The van der Waals surface area contributed by atoms with E-state index in [1.165, 1.54) is 6.07 Å². The average molecular weight is 225 g/mol. The van der Waals surface area contributed by atoms with Crippen LogP contribution in [-0.2, 0) is 6.42 Å².